The van der Waals surface area contributed by atoms with Crippen molar-refractivity contribution in [2.75, 3.05) is 13.1 Å². The molecule has 0 unspecified atom stereocenters. The maximum absolute atomic E-state index is 5.47. The standard InChI is InChI=1S/C20H25N3O/c1-3-9-23(10-4-2)15-11-14-13-21-18-6-5-16(17(12-15)20(14)18)19-7-8-22-24-19/h5-8,13,15,21H,3-4,9-12H2,1-2H3/t15-/m0/s1. The van der Waals surface area contributed by atoms with E-state index in [0.717, 1.165) is 18.6 Å². The van der Waals surface area contributed by atoms with Crippen LogP contribution in [0.4, 0.5) is 0 Å². The molecule has 0 saturated carbocycles. The third-order valence-electron chi connectivity index (χ3n) is 5.17. The maximum atomic E-state index is 5.47. The van der Waals surface area contributed by atoms with Gasteiger partial charge in [0, 0.05) is 34.8 Å². The highest BCUT2D eigenvalue weighted by atomic mass is 16.5. The minimum absolute atomic E-state index is 0.570. The van der Waals surface area contributed by atoms with Gasteiger partial charge in [0.25, 0.3) is 0 Å². The number of aromatic nitrogens is 2. The summed E-state index contributed by atoms with van der Waals surface area (Å²) in [5.74, 6) is 0.872. The van der Waals surface area contributed by atoms with E-state index >= 15 is 0 Å². The zero-order chi connectivity index (χ0) is 16.5. The highest BCUT2D eigenvalue weighted by Gasteiger charge is 2.28. The molecule has 2 aromatic heterocycles. The van der Waals surface area contributed by atoms with Gasteiger partial charge in [-0.1, -0.05) is 19.0 Å². The summed E-state index contributed by atoms with van der Waals surface area (Å²) < 4.78 is 5.47. The number of aromatic amines is 1. The fourth-order valence-corrected chi connectivity index (χ4v) is 4.20. The van der Waals surface area contributed by atoms with Gasteiger partial charge in [-0.05, 0) is 62.0 Å². The molecule has 0 aliphatic heterocycles. The number of hydrogen-bond acceptors (Lipinski definition) is 3. The van der Waals surface area contributed by atoms with Gasteiger partial charge in [-0.25, -0.2) is 0 Å². The Morgan fingerprint density at radius 1 is 1.17 bits per heavy atom. The van der Waals surface area contributed by atoms with Crippen LogP contribution in [0.3, 0.4) is 0 Å². The van der Waals surface area contributed by atoms with Crippen LogP contribution in [-0.4, -0.2) is 34.2 Å². The minimum atomic E-state index is 0.570. The van der Waals surface area contributed by atoms with E-state index in [-0.39, 0.29) is 0 Å². The molecule has 4 nitrogen and oxygen atoms in total. The van der Waals surface area contributed by atoms with Gasteiger partial charge in [-0.3, -0.25) is 4.90 Å². The molecule has 1 aromatic carbocycles. The number of nitrogens with zero attached hydrogens (tertiary/aromatic N) is 2. The molecule has 0 amide bonds. The van der Waals surface area contributed by atoms with Gasteiger partial charge in [0.2, 0.25) is 0 Å². The number of rotatable bonds is 6. The fourth-order valence-electron chi connectivity index (χ4n) is 4.20. The molecule has 0 spiro atoms. The third kappa shape index (κ3) is 2.55. The second kappa shape index (κ2) is 6.44. The van der Waals surface area contributed by atoms with E-state index in [9.17, 15) is 0 Å². The van der Waals surface area contributed by atoms with Gasteiger partial charge in [-0.15, -0.1) is 0 Å². The van der Waals surface area contributed by atoms with Crippen LogP contribution < -0.4 is 0 Å². The minimum Gasteiger partial charge on any atom is -0.361 e. The Morgan fingerprint density at radius 2 is 2.00 bits per heavy atom. The van der Waals surface area contributed by atoms with Gasteiger partial charge in [0.05, 0.1) is 6.20 Å². The molecule has 1 aliphatic rings. The molecule has 0 radical (unpaired) electrons. The van der Waals surface area contributed by atoms with E-state index in [0.29, 0.717) is 6.04 Å². The van der Waals surface area contributed by atoms with E-state index in [1.165, 1.54) is 53.5 Å². The lowest BCUT2D eigenvalue weighted by Gasteiger charge is -2.34. The molecule has 0 saturated heterocycles. The lowest BCUT2D eigenvalue weighted by molar-refractivity contribution is 0.192. The van der Waals surface area contributed by atoms with Crippen molar-refractivity contribution < 1.29 is 4.52 Å². The second-order valence-electron chi connectivity index (χ2n) is 6.80. The molecule has 1 aliphatic carbocycles. The summed E-state index contributed by atoms with van der Waals surface area (Å²) in [7, 11) is 0. The molecule has 1 atom stereocenters. The first-order valence-electron chi connectivity index (χ1n) is 9.08. The summed E-state index contributed by atoms with van der Waals surface area (Å²) in [5.41, 5.74) is 5.28. The summed E-state index contributed by atoms with van der Waals surface area (Å²) in [6.45, 7) is 6.89. The van der Waals surface area contributed by atoms with Crippen molar-refractivity contribution >= 4 is 10.9 Å². The zero-order valence-corrected chi connectivity index (χ0v) is 14.5. The van der Waals surface area contributed by atoms with E-state index in [1.54, 1.807) is 6.20 Å². The molecule has 126 valence electrons. The lowest BCUT2D eigenvalue weighted by Crippen LogP contribution is -2.41. The van der Waals surface area contributed by atoms with Crippen LogP contribution in [-0.2, 0) is 12.8 Å². The van der Waals surface area contributed by atoms with E-state index < -0.39 is 0 Å². The van der Waals surface area contributed by atoms with Crippen LogP contribution in [0.1, 0.15) is 37.8 Å². The van der Waals surface area contributed by atoms with Gasteiger partial charge in [-0.2, -0.15) is 0 Å². The molecular formula is C20H25N3O. The van der Waals surface area contributed by atoms with Crippen molar-refractivity contribution in [3.05, 3.63) is 41.7 Å². The Hall–Kier alpha value is -2.07. The van der Waals surface area contributed by atoms with Gasteiger partial charge < -0.3 is 9.51 Å². The van der Waals surface area contributed by atoms with Gasteiger partial charge in [0.15, 0.2) is 5.76 Å². The van der Waals surface area contributed by atoms with Crippen LogP contribution in [0, 0.1) is 0 Å². The zero-order valence-electron chi connectivity index (χ0n) is 14.5. The first kappa shape index (κ1) is 15.5. The van der Waals surface area contributed by atoms with Crippen LogP contribution in [0.25, 0.3) is 22.2 Å². The van der Waals surface area contributed by atoms with Crippen LogP contribution in [0.5, 0.6) is 0 Å². The molecule has 24 heavy (non-hydrogen) atoms. The lowest BCUT2D eigenvalue weighted by atomic mass is 9.85. The monoisotopic (exact) mass is 323 g/mol. The molecule has 2 heterocycles. The molecule has 1 N–H and O–H groups in total. The van der Waals surface area contributed by atoms with Crippen LogP contribution >= 0.6 is 0 Å². The molecule has 0 fully saturated rings. The Bertz CT molecular complexity index is 813. The molecule has 3 aromatic rings. The first-order chi connectivity index (χ1) is 11.8. The molecule has 4 heteroatoms. The number of nitrogens with one attached hydrogen (secondary N) is 1. The van der Waals surface area contributed by atoms with Crippen molar-refractivity contribution in [3.63, 3.8) is 0 Å². The van der Waals surface area contributed by atoms with E-state index in [4.69, 9.17) is 4.52 Å². The summed E-state index contributed by atoms with van der Waals surface area (Å²) in [4.78, 5) is 6.12. The van der Waals surface area contributed by atoms with Crippen LogP contribution in [0.15, 0.2) is 35.1 Å². The SMILES string of the molecule is CCCN(CCC)[C@H]1Cc2c[nH]c3ccc(-c4ccno4)c(c23)C1. The van der Waals surface area contributed by atoms with E-state index in [2.05, 4.69) is 47.2 Å². The highest BCUT2D eigenvalue weighted by Crippen LogP contribution is 2.37. The Morgan fingerprint density at radius 3 is 2.71 bits per heavy atom. The van der Waals surface area contributed by atoms with Crippen molar-refractivity contribution in [1.82, 2.24) is 15.0 Å². The predicted octanol–water partition coefficient (Wildman–Crippen LogP) is 4.41. The van der Waals surface area contributed by atoms with Crippen molar-refractivity contribution in [2.24, 2.45) is 0 Å². The fraction of sp³-hybridized carbons (Fsp3) is 0.450. The number of benzene rings is 1. The summed E-state index contributed by atoms with van der Waals surface area (Å²) in [5, 5.41) is 5.30. The quantitative estimate of drug-likeness (QED) is 0.730. The van der Waals surface area contributed by atoms with Crippen molar-refractivity contribution in [2.45, 2.75) is 45.6 Å². The van der Waals surface area contributed by atoms with Crippen molar-refractivity contribution in [1.29, 1.82) is 0 Å². The van der Waals surface area contributed by atoms with Crippen LogP contribution in [0.2, 0.25) is 0 Å². The van der Waals surface area contributed by atoms with Gasteiger partial charge in [0.1, 0.15) is 0 Å². The summed E-state index contributed by atoms with van der Waals surface area (Å²) in [6, 6.07) is 6.87. The number of hydrogen-bond donors (Lipinski definition) is 1. The van der Waals surface area contributed by atoms with E-state index in [1.807, 2.05) is 6.07 Å². The summed E-state index contributed by atoms with van der Waals surface area (Å²) >= 11 is 0. The molecule has 4 rings (SSSR count). The van der Waals surface area contributed by atoms with Gasteiger partial charge >= 0.3 is 0 Å². The topological polar surface area (TPSA) is 45.1 Å². The predicted molar refractivity (Wildman–Crippen MR) is 97.1 cm³/mol. The third-order valence-corrected chi connectivity index (χ3v) is 5.17. The molecular weight excluding hydrogens is 298 g/mol. The Labute approximate surface area is 142 Å². The largest absolute Gasteiger partial charge is 0.361 e. The Balaban J connectivity index is 1.78. The smallest absolute Gasteiger partial charge is 0.167 e. The Kier molecular flexibility index (Phi) is 4.15. The normalized spacial score (nSPS) is 17.0. The molecule has 0 bridgehead atoms. The first-order valence-corrected chi connectivity index (χ1v) is 9.08. The second-order valence-corrected chi connectivity index (χ2v) is 6.80. The average Bonchev–Trinajstić information content (AvgIpc) is 3.26. The maximum Gasteiger partial charge on any atom is 0.167 e. The average molecular weight is 323 g/mol. The number of H-pyrrole nitrogens is 1. The van der Waals surface area contributed by atoms with Crippen molar-refractivity contribution in [3.8, 4) is 11.3 Å². The summed E-state index contributed by atoms with van der Waals surface area (Å²) in [6.07, 6.45) is 8.54. The highest BCUT2D eigenvalue weighted by molar-refractivity contribution is 5.92.